The summed E-state index contributed by atoms with van der Waals surface area (Å²) >= 11 is 9.09. The molecule has 3 aromatic rings. The molecule has 3 rings (SSSR count). The van der Waals surface area contributed by atoms with E-state index in [0.717, 1.165) is 0 Å². The van der Waals surface area contributed by atoms with Crippen molar-refractivity contribution in [3.63, 3.8) is 0 Å². The van der Waals surface area contributed by atoms with Crippen LogP contribution in [0.25, 0.3) is 11.0 Å². The lowest BCUT2D eigenvalue weighted by molar-refractivity contribution is -0.635. The van der Waals surface area contributed by atoms with Gasteiger partial charge in [0.2, 0.25) is 0 Å². The molecule has 0 aliphatic heterocycles. The van der Waals surface area contributed by atoms with Crippen LogP contribution in [0.15, 0.2) is 48.5 Å². The topological polar surface area (TPSA) is 71.0 Å². The summed E-state index contributed by atoms with van der Waals surface area (Å²) in [5, 5.41) is 25.6. The quantitative estimate of drug-likeness (QED) is 0.297. The van der Waals surface area contributed by atoms with Crippen LogP contribution in [-0.2, 0) is 5.33 Å². The fourth-order valence-corrected chi connectivity index (χ4v) is 3.08. The normalized spacial score (nSPS) is 10.9. The van der Waals surface area contributed by atoms with E-state index in [2.05, 4.69) is 15.9 Å². The number of para-hydroxylation sites is 2. The average molecular weight is 394 g/mol. The molecule has 2 aromatic carbocycles. The van der Waals surface area contributed by atoms with Gasteiger partial charge in [-0.25, -0.2) is 0 Å². The lowest BCUT2D eigenvalue weighted by Gasteiger charge is -2.11. The van der Waals surface area contributed by atoms with Gasteiger partial charge in [0.1, 0.15) is 0 Å². The van der Waals surface area contributed by atoms with Crippen molar-refractivity contribution in [1.82, 2.24) is 0 Å². The Hall–Kier alpha value is -2.18. The van der Waals surface area contributed by atoms with Crippen molar-refractivity contribution in [3.8, 4) is 0 Å². The number of carbonyl (C=O) groups excluding carboxylic acids is 1. The second-order valence-corrected chi connectivity index (χ2v) is 5.84. The minimum atomic E-state index is -0.549. The Morgan fingerprint density at radius 1 is 1.04 bits per heavy atom. The second-order valence-electron chi connectivity index (χ2n) is 4.85. The maximum absolute atomic E-state index is 12.7. The van der Waals surface area contributed by atoms with E-state index in [-0.39, 0.29) is 33.3 Å². The third-order valence-corrected chi connectivity index (χ3v) is 4.24. The summed E-state index contributed by atoms with van der Waals surface area (Å²) < 4.78 is 1.11. The van der Waals surface area contributed by atoms with Gasteiger partial charge in [-0.15, -0.1) is 0 Å². The largest absolute Gasteiger partial charge is 0.618 e. The minimum Gasteiger partial charge on any atom is -0.618 e. The molecule has 0 radical (unpaired) electrons. The van der Waals surface area contributed by atoms with E-state index >= 15 is 0 Å². The zero-order valence-electron chi connectivity index (χ0n) is 11.7. The molecule has 0 fully saturated rings. The second kappa shape index (κ2) is 6.14. The first-order chi connectivity index (χ1) is 11.0. The first kappa shape index (κ1) is 15.7. The number of nitrogens with zero attached hydrogens (tertiary/aromatic N) is 2. The SMILES string of the molecule is O=C(c1cccc(Cl)c1)c1c(CBr)[n+]([O-])c2ccccc2[n+]1[O-]. The van der Waals surface area contributed by atoms with Crippen molar-refractivity contribution in [3.05, 3.63) is 80.9 Å². The van der Waals surface area contributed by atoms with E-state index in [4.69, 9.17) is 11.6 Å². The number of benzene rings is 2. The molecule has 0 atom stereocenters. The maximum atomic E-state index is 12.7. The predicted octanol–water partition coefficient (Wildman–Crippen LogP) is 2.89. The van der Waals surface area contributed by atoms with Gasteiger partial charge in [0.25, 0.3) is 22.5 Å². The Balaban J connectivity index is 2.32. The number of rotatable bonds is 3. The van der Waals surface area contributed by atoms with Crippen LogP contribution < -0.4 is 9.46 Å². The van der Waals surface area contributed by atoms with Crippen molar-refractivity contribution >= 4 is 44.3 Å². The molecule has 116 valence electrons. The molecular weight excluding hydrogens is 384 g/mol. The van der Waals surface area contributed by atoms with Crippen molar-refractivity contribution in [1.29, 1.82) is 0 Å². The fraction of sp³-hybridized carbons (Fsp3) is 0.0625. The molecule has 23 heavy (non-hydrogen) atoms. The molecular formula is C16H10BrClN2O3. The van der Waals surface area contributed by atoms with Crippen LogP contribution in [-0.4, -0.2) is 5.78 Å². The summed E-state index contributed by atoms with van der Waals surface area (Å²) in [6.45, 7) is 0. The molecule has 0 N–H and O–H groups in total. The lowest BCUT2D eigenvalue weighted by atomic mass is 10.1. The van der Waals surface area contributed by atoms with Crippen LogP contribution in [0.1, 0.15) is 21.7 Å². The summed E-state index contributed by atoms with van der Waals surface area (Å²) in [4.78, 5) is 12.7. The number of fused-ring (bicyclic) bond motifs is 1. The van der Waals surface area contributed by atoms with Gasteiger partial charge in [-0.3, -0.25) is 4.79 Å². The fourth-order valence-electron chi connectivity index (χ4n) is 2.39. The standard InChI is InChI=1S/C16H10BrClN2O3/c17-9-14-15(16(21)10-4-3-5-11(18)8-10)20(23)13-7-2-1-6-12(13)19(14)22/h1-8H,9H2. The Morgan fingerprint density at radius 3 is 2.30 bits per heavy atom. The smallest absolute Gasteiger partial charge is 0.335 e. The molecule has 0 aliphatic carbocycles. The summed E-state index contributed by atoms with van der Waals surface area (Å²) in [5.74, 6) is -0.549. The van der Waals surface area contributed by atoms with Gasteiger partial charge >= 0.3 is 5.69 Å². The summed E-state index contributed by atoms with van der Waals surface area (Å²) in [7, 11) is 0. The third-order valence-electron chi connectivity index (χ3n) is 3.47. The van der Waals surface area contributed by atoms with Gasteiger partial charge in [0.05, 0.1) is 5.33 Å². The number of halogens is 2. The molecule has 0 spiro atoms. The molecule has 5 nitrogen and oxygen atoms in total. The number of hydrogen-bond donors (Lipinski definition) is 0. The van der Waals surface area contributed by atoms with Gasteiger partial charge in [-0.1, -0.05) is 51.8 Å². The number of hydrogen-bond acceptors (Lipinski definition) is 3. The molecule has 1 heterocycles. The minimum absolute atomic E-state index is 0.0590. The maximum Gasteiger partial charge on any atom is 0.335 e. The Morgan fingerprint density at radius 2 is 1.70 bits per heavy atom. The van der Waals surface area contributed by atoms with Crippen LogP contribution in [0.3, 0.4) is 0 Å². The molecule has 0 amide bonds. The lowest BCUT2D eigenvalue weighted by Crippen LogP contribution is -2.47. The van der Waals surface area contributed by atoms with Gasteiger partial charge in [0, 0.05) is 22.7 Å². The molecule has 0 saturated heterocycles. The molecule has 0 aliphatic rings. The molecule has 7 heteroatoms. The number of alkyl halides is 1. The molecule has 0 bridgehead atoms. The van der Waals surface area contributed by atoms with Crippen LogP contribution >= 0.6 is 27.5 Å². The Bertz CT molecular complexity index is 931. The van der Waals surface area contributed by atoms with Crippen LogP contribution in [0.2, 0.25) is 5.02 Å². The predicted molar refractivity (Wildman–Crippen MR) is 89.4 cm³/mol. The highest BCUT2D eigenvalue weighted by Gasteiger charge is 2.33. The number of ketones is 1. The third kappa shape index (κ3) is 2.64. The van der Waals surface area contributed by atoms with Crippen LogP contribution in [0, 0.1) is 10.4 Å². The molecule has 0 unspecified atom stereocenters. The van der Waals surface area contributed by atoms with E-state index in [1.54, 1.807) is 30.3 Å². The molecule has 1 aromatic heterocycles. The van der Waals surface area contributed by atoms with Crippen molar-refractivity contribution in [2.24, 2.45) is 0 Å². The van der Waals surface area contributed by atoms with Crippen LogP contribution in [0.4, 0.5) is 0 Å². The van der Waals surface area contributed by atoms with E-state index in [1.165, 1.54) is 18.2 Å². The van der Waals surface area contributed by atoms with E-state index in [1.807, 2.05) is 0 Å². The summed E-state index contributed by atoms with van der Waals surface area (Å²) in [6, 6.07) is 12.6. The Kier molecular flexibility index (Phi) is 4.19. The Labute approximate surface area is 145 Å². The van der Waals surface area contributed by atoms with Crippen molar-refractivity contribution in [2.45, 2.75) is 5.33 Å². The average Bonchev–Trinajstić information content (AvgIpc) is 2.57. The summed E-state index contributed by atoms with van der Waals surface area (Å²) in [5.41, 5.74) is 0.443. The zero-order valence-corrected chi connectivity index (χ0v) is 14.0. The van der Waals surface area contributed by atoms with Crippen molar-refractivity contribution < 1.29 is 14.3 Å². The molecule has 0 saturated carbocycles. The first-order valence-electron chi connectivity index (χ1n) is 6.67. The first-order valence-corrected chi connectivity index (χ1v) is 8.17. The zero-order chi connectivity index (χ0) is 16.6. The highest BCUT2D eigenvalue weighted by Crippen LogP contribution is 2.18. The van der Waals surface area contributed by atoms with Gasteiger partial charge in [-0.2, -0.15) is 9.46 Å². The van der Waals surface area contributed by atoms with Crippen molar-refractivity contribution in [2.75, 3.05) is 0 Å². The van der Waals surface area contributed by atoms with Crippen LogP contribution in [0.5, 0.6) is 0 Å². The highest BCUT2D eigenvalue weighted by molar-refractivity contribution is 9.08. The van der Waals surface area contributed by atoms with Gasteiger partial charge in [-0.05, 0) is 12.1 Å². The van der Waals surface area contributed by atoms with E-state index in [9.17, 15) is 15.2 Å². The number of carbonyl (C=O) groups is 1. The monoisotopic (exact) mass is 392 g/mol. The highest BCUT2D eigenvalue weighted by atomic mass is 79.9. The summed E-state index contributed by atoms with van der Waals surface area (Å²) in [6.07, 6.45) is 0. The van der Waals surface area contributed by atoms with Gasteiger partial charge in [0.15, 0.2) is 0 Å². The van der Waals surface area contributed by atoms with E-state index in [0.29, 0.717) is 14.5 Å². The van der Waals surface area contributed by atoms with Gasteiger partial charge < -0.3 is 10.4 Å². The van der Waals surface area contributed by atoms with E-state index < -0.39 is 5.78 Å². The number of aromatic nitrogens is 2.